The lowest BCUT2D eigenvalue weighted by atomic mass is 9.95. The number of aryl methyl sites for hydroxylation is 2. The quantitative estimate of drug-likeness (QED) is 0.778. The minimum Gasteiger partial charge on any atom is -0.493 e. The number of carbonyl (C=O) groups excluding carboxylic acids is 1. The number of rotatable bonds is 2. The van der Waals surface area contributed by atoms with Gasteiger partial charge >= 0.3 is 0 Å². The Kier molecular flexibility index (Phi) is 3.26. The number of hydrogen-bond acceptors (Lipinski definition) is 2. The molecule has 0 unspecified atom stereocenters. The maximum atomic E-state index is 13.4. The fraction of sp³-hybridized carbons (Fsp3) is 0.235. The summed E-state index contributed by atoms with van der Waals surface area (Å²) in [5.74, 6) is 0.0813. The Morgan fingerprint density at radius 1 is 1.20 bits per heavy atom. The van der Waals surface area contributed by atoms with E-state index in [9.17, 15) is 9.18 Å². The normalized spacial score (nSPS) is 13.5. The average Bonchev–Trinajstić information content (AvgIpc) is 2.48. The van der Waals surface area contributed by atoms with Crippen LogP contribution in [0.1, 0.15) is 33.5 Å². The van der Waals surface area contributed by atoms with Gasteiger partial charge in [0.15, 0.2) is 5.78 Å². The van der Waals surface area contributed by atoms with Crippen LogP contribution in [-0.4, -0.2) is 12.4 Å². The van der Waals surface area contributed by atoms with Gasteiger partial charge in [0.25, 0.3) is 0 Å². The molecule has 0 fully saturated rings. The number of fused-ring (bicyclic) bond motifs is 1. The lowest BCUT2D eigenvalue weighted by Gasteiger charge is -2.20. The molecule has 0 atom stereocenters. The summed E-state index contributed by atoms with van der Waals surface area (Å²) in [5.41, 5.74) is 2.74. The molecule has 2 aromatic carbocycles. The number of ether oxygens (including phenoxy) is 1. The van der Waals surface area contributed by atoms with Crippen LogP contribution < -0.4 is 4.74 Å². The van der Waals surface area contributed by atoms with E-state index in [1.807, 2.05) is 19.1 Å². The van der Waals surface area contributed by atoms with Gasteiger partial charge in [0.1, 0.15) is 11.6 Å². The van der Waals surface area contributed by atoms with Gasteiger partial charge in [-0.1, -0.05) is 18.2 Å². The first-order chi connectivity index (χ1) is 9.66. The highest BCUT2D eigenvalue weighted by molar-refractivity contribution is 6.11. The summed E-state index contributed by atoms with van der Waals surface area (Å²) in [7, 11) is 0. The van der Waals surface area contributed by atoms with Gasteiger partial charge in [-0.25, -0.2) is 4.39 Å². The summed E-state index contributed by atoms with van der Waals surface area (Å²) in [6.45, 7) is 2.43. The summed E-state index contributed by atoms with van der Waals surface area (Å²) in [4.78, 5) is 12.6. The van der Waals surface area contributed by atoms with Crippen molar-refractivity contribution in [3.63, 3.8) is 0 Å². The van der Waals surface area contributed by atoms with Crippen molar-refractivity contribution >= 4 is 5.78 Å². The molecule has 1 aliphatic rings. The van der Waals surface area contributed by atoms with Gasteiger partial charge in [-0.15, -0.1) is 0 Å². The zero-order valence-electron chi connectivity index (χ0n) is 11.3. The van der Waals surface area contributed by atoms with Gasteiger partial charge in [-0.2, -0.15) is 0 Å². The molecule has 2 nitrogen and oxygen atoms in total. The van der Waals surface area contributed by atoms with Crippen molar-refractivity contribution in [2.24, 2.45) is 0 Å². The van der Waals surface area contributed by atoms with Crippen molar-refractivity contribution in [2.45, 2.75) is 19.8 Å². The molecule has 0 spiro atoms. The summed E-state index contributed by atoms with van der Waals surface area (Å²) in [6, 6.07) is 9.86. The van der Waals surface area contributed by atoms with E-state index in [2.05, 4.69) is 0 Å². The molecular weight excluding hydrogens is 255 g/mol. The van der Waals surface area contributed by atoms with Crippen molar-refractivity contribution in [1.82, 2.24) is 0 Å². The van der Waals surface area contributed by atoms with Gasteiger partial charge < -0.3 is 4.74 Å². The fourth-order valence-corrected chi connectivity index (χ4v) is 2.55. The Morgan fingerprint density at radius 2 is 2.05 bits per heavy atom. The first kappa shape index (κ1) is 12.9. The highest BCUT2D eigenvalue weighted by atomic mass is 19.1. The van der Waals surface area contributed by atoms with Crippen LogP contribution in [0.3, 0.4) is 0 Å². The third kappa shape index (κ3) is 2.20. The lowest BCUT2D eigenvalue weighted by molar-refractivity contribution is 0.103. The number of halogens is 1. The van der Waals surface area contributed by atoms with E-state index in [-0.39, 0.29) is 5.78 Å². The largest absolute Gasteiger partial charge is 0.493 e. The van der Waals surface area contributed by atoms with Crippen LogP contribution in [0.5, 0.6) is 5.75 Å². The minimum atomic E-state index is -0.398. The molecule has 1 aliphatic heterocycles. The van der Waals surface area contributed by atoms with Crippen LogP contribution in [0.4, 0.5) is 4.39 Å². The van der Waals surface area contributed by atoms with Crippen LogP contribution in [-0.2, 0) is 6.42 Å². The van der Waals surface area contributed by atoms with E-state index in [1.54, 1.807) is 12.1 Å². The second-order valence-electron chi connectivity index (χ2n) is 5.03. The molecule has 3 heteroatoms. The summed E-state index contributed by atoms with van der Waals surface area (Å²) >= 11 is 0. The molecule has 3 rings (SSSR count). The SMILES string of the molecule is Cc1ccc(F)cc1C(=O)c1cccc2c1OCCC2. The minimum absolute atomic E-state index is 0.180. The molecule has 0 N–H and O–H groups in total. The maximum Gasteiger partial charge on any atom is 0.197 e. The van der Waals surface area contributed by atoms with Gasteiger partial charge in [-0.3, -0.25) is 4.79 Å². The fourth-order valence-electron chi connectivity index (χ4n) is 2.55. The molecule has 102 valence electrons. The van der Waals surface area contributed by atoms with Gasteiger partial charge in [0.2, 0.25) is 0 Å². The number of ketones is 1. The summed E-state index contributed by atoms with van der Waals surface area (Å²) in [5, 5.41) is 0. The van der Waals surface area contributed by atoms with Crippen molar-refractivity contribution in [1.29, 1.82) is 0 Å². The second kappa shape index (κ2) is 5.08. The first-order valence-corrected chi connectivity index (χ1v) is 6.72. The topological polar surface area (TPSA) is 26.3 Å². The summed E-state index contributed by atoms with van der Waals surface area (Å²) in [6.07, 6.45) is 1.88. The van der Waals surface area contributed by atoms with Crippen molar-refractivity contribution < 1.29 is 13.9 Å². The van der Waals surface area contributed by atoms with E-state index in [1.165, 1.54) is 12.1 Å². The Hall–Kier alpha value is -2.16. The first-order valence-electron chi connectivity index (χ1n) is 6.72. The van der Waals surface area contributed by atoms with E-state index < -0.39 is 5.82 Å². The molecular formula is C17H15FO2. The molecule has 20 heavy (non-hydrogen) atoms. The Balaban J connectivity index is 2.09. The third-order valence-electron chi connectivity index (χ3n) is 3.62. The number of hydrogen-bond donors (Lipinski definition) is 0. The molecule has 0 amide bonds. The maximum absolute atomic E-state index is 13.4. The van der Waals surface area contributed by atoms with Gasteiger partial charge in [-0.05, 0) is 49.1 Å². The molecule has 0 radical (unpaired) electrons. The molecule has 0 aliphatic carbocycles. The third-order valence-corrected chi connectivity index (χ3v) is 3.62. The predicted octanol–water partition coefficient (Wildman–Crippen LogP) is 3.69. The molecule has 0 bridgehead atoms. The molecule has 2 aromatic rings. The van der Waals surface area contributed by atoms with Crippen molar-refractivity contribution in [2.75, 3.05) is 6.61 Å². The monoisotopic (exact) mass is 270 g/mol. The number of benzene rings is 2. The Labute approximate surface area is 117 Å². The van der Waals surface area contributed by atoms with E-state index in [4.69, 9.17) is 4.74 Å². The predicted molar refractivity (Wildman–Crippen MR) is 74.8 cm³/mol. The van der Waals surface area contributed by atoms with Gasteiger partial charge in [0, 0.05) is 5.56 Å². The smallest absolute Gasteiger partial charge is 0.197 e. The zero-order chi connectivity index (χ0) is 14.1. The van der Waals surface area contributed by atoms with E-state index in [0.29, 0.717) is 23.5 Å². The van der Waals surface area contributed by atoms with Crippen LogP contribution in [0.25, 0.3) is 0 Å². The Morgan fingerprint density at radius 3 is 2.90 bits per heavy atom. The summed E-state index contributed by atoms with van der Waals surface area (Å²) < 4.78 is 19.0. The molecule has 0 saturated heterocycles. The van der Waals surface area contributed by atoms with Crippen molar-refractivity contribution in [3.8, 4) is 5.75 Å². The van der Waals surface area contributed by atoms with Crippen LogP contribution >= 0.6 is 0 Å². The van der Waals surface area contributed by atoms with E-state index in [0.717, 1.165) is 24.0 Å². The molecule has 0 aromatic heterocycles. The van der Waals surface area contributed by atoms with Crippen LogP contribution in [0.15, 0.2) is 36.4 Å². The Bertz CT molecular complexity index is 677. The highest BCUT2D eigenvalue weighted by Crippen LogP contribution is 2.31. The number of carbonyl (C=O) groups is 1. The van der Waals surface area contributed by atoms with E-state index >= 15 is 0 Å². The lowest BCUT2D eigenvalue weighted by Crippen LogP contribution is -2.14. The van der Waals surface area contributed by atoms with Crippen LogP contribution in [0, 0.1) is 12.7 Å². The number of para-hydroxylation sites is 1. The van der Waals surface area contributed by atoms with Crippen molar-refractivity contribution in [3.05, 3.63) is 64.5 Å². The molecule has 0 saturated carbocycles. The zero-order valence-corrected chi connectivity index (χ0v) is 11.3. The highest BCUT2D eigenvalue weighted by Gasteiger charge is 2.21. The second-order valence-corrected chi connectivity index (χ2v) is 5.03. The molecule has 1 heterocycles. The van der Waals surface area contributed by atoms with Gasteiger partial charge in [0.05, 0.1) is 12.2 Å². The van der Waals surface area contributed by atoms with Crippen LogP contribution in [0.2, 0.25) is 0 Å². The average molecular weight is 270 g/mol. The standard InChI is InChI=1S/C17H15FO2/c1-11-7-8-13(18)10-15(11)16(19)14-6-2-4-12-5-3-9-20-17(12)14/h2,4,6-8,10H,3,5,9H2,1H3.